The number of hydrogen-bond donors (Lipinski definition) is 3. The first-order valence-corrected chi connectivity index (χ1v) is 10.7. The average molecular weight is 432 g/mol. The van der Waals surface area contributed by atoms with Crippen molar-refractivity contribution in [1.29, 1.82) is 0 Å². The Kier molecular flexibility index (Phi) is 4.63. The molecule has 8 heteroatoms. The van der Waals surface area contributed by atoms with Gasteiger partial charge in [0.2, 0.25) is 23.6 Å². The quantitative estimate of drug-likeness (QED) is 0.605. The molecule has 8 nitrogen and oxygen atoms in total. The number of nitrogens with zero attached hydrogens (tertiary/aromatic N) is 1. The molecule has 2 fully saturated rings. The van der Waals surface area contributed by atoms with Crippen LogP contribution >= 0.6 is 0 Å². The third-order valence-corrected chi connectivity index (χ3v) is 6.85. The monoisotopic (exact) mass is 432 g/mol. The van der Waals surface area contributed by atoms with Crippen molar-refractivity contribution in [3.05, 3.63) is 65.2 Å². The second-order valence-electron chi connectivity index (χ2n) is 8.80. The van der Waals surface area contributed by atoms with Gasteiger partial charge in [-0.05, 0) is 25.0 Å². The van der Waals surface area contributed by atoms with E-state index in [9.17, 15) is 19.2 Å². The molecule has 4 atom stereocenters. The molecule has 5 rings (SSSR count). The van der Waals surface area contributed by atoms with Crippen molar-refractivity contribution in [2.75, 3.05) is 11.9 Å². The van der Waals surface area contributed by atoms with Crippen molar-refractivity contribution in [3.8, 4) is 0 Å². The van der Waals surface area contributed by atoms with E-state index in [1.165, 1.54) is 4.90 Å². The van der Waals surface area contributed by atoms with E-state index in [0.29, 0.717) is 17.7 Å². The van der Waals surface area contributed by atoms with Crippen LogP contribution in [-0.2, 0) is 31.1 Å². The van der Waals surface area contributed by atoms with Crippen molar-refractivity contribution in [2.45, 2.75) is 31.3 Å². The predicted octanol–water partition coefficient (Wildman–Crippen LogP) is 0.834. The third-order valence-electron chi connectivity index (χ3n) is 6.85. The number of imide groups is 1. The zero-order valence-electron chi connectivity index (χ0n) is 17.6. The van der Waals surface area contributed by atoms with E-state index in [0.717, 1.165) is 11.1 Å². The number of hydrogen-bond acceptors (Lipinski definition) is 5. The van der Waals surface area contributed by atoms with Crippen LogP contribution in [0.5, 0.6) is 0 Å². The molecule has 0 radical (unpaired) electrons. The number of likely N-dealkylation sites (tertiary alicyclic amines) is 1. The van der Waals surface area contributed by atoms with E-state index in [-0.39, 0.29) is 30.7 Å². The summed E-state index contributed by atoms with van der Waals surface area (Å²) in [5.74, 6) is -3.49. The van der Waals surface area contributed by atoms with Gasteiger partial charge in [0, 0.05) is 30.3 Å². The minimum absolute atomic E-state index is 0.136. The largest absolute Gasteiger partial charge is 0.370 e. The summed E-state index contributed by atoms with van der Waals surface area (Å²) in [5.41, 5.74) is 7.22. The Morgan fingerprint density at radius 2 is 1.84 bits per heavy atom. The van der Waals surface area contributed by atoms with Crippen molar-refractivity contribution in [2.24, 2.45) is 17.6 Å². The summed E-state index contributed by atoms with van der Waals surface area (Å²) in [6, 6.07) is 14.4. The first kappa shape index (κ1) is 20.4. The molecule has 3 aliphatic rings. The maximum Gasteiger partial charge on any atom is 0.250 e. The second kappa shape index (κ2) is 7.27. The maximum atomic E-state index is 13.6. The lowest BCUT2D eigenvalue weighted by Gasteiger charge is -2.29. The predicted molar refractivity (Wildman–Crippen MR) is 116 cm³/mol. The topological polar surface area (TPSA) is 122 Å². The smallest absolute Gasteiger partial charge is 0.250 e. The van der Waals surface area contributed by atoms with Gasteiger partial charge in [0.05, 0.1) is 11.8 Å². The van der Waals surface area contributed by atoms with E-state index >= 15 is 0 Å². The van der Waals surface area contributed by atoms with Crippen LogP contribution < -0.4 is 16.4 Å². The molecule has 4 amide bonds. The van der Waals surface area contributed by atoms with Crippen molar-refractivity contribution in [3.63, 3.8) is 0 Å². The molecule has 0 bridgehead atoms. The highest BCUT2D eigenvalue weighted by Gasteiger charge is 2.70. The molecular weight excluding hydrogens is 408 g/mol. The van der Waals surface area contributed by atoms with Crippen LogP contribution in [0, 0.1) is 18.8 Å². The minimum atomic E-state index is -1.40. The molecule has 0 unspecified atom stereocenters. The standard InChI is InChI=1S/C24H24N4O4/c1-13-7-8-16-15(11-13)24(23(32)26-16)20-19(17(27-24)12-18(25)29)21(30)28(22(20)31)10-9-14-5-3-2-4-6-14/h2-8,11,17,19-20,27H,9-10,12H2,1H3,(H2,25,29)(H,26,32)/t17-,19+,20-,24+/m0/s1. The third kappa shape index (κ3) is 2.86. The van der Waals surface area contributed by atoms with E-state index in [4.69, 9.17) is 5.73 Å². The number of carbonyl (C=O) groups is 4. The lowest BCUT2D eigenvalue weighted by molar-refractivity contribution is -0.142. The molecule has 164 valence electrons. The molecule has 0 aliphatic carbocycles. The van der Waals surface area contributed by atoms with Crippen molar-refractivity contribution >= 4 is 29.3 Å². The zero-order valence-corrected chi connectivity index (χ0v) is 17.6. The normalized spacial score (nSPS) is 28.2. The molecule has 0 aromatic heterocycles. The van der Waals surface area contributed by atoms with Crippen molar-refractivity contribution < 1.29 is 19.2 Å². The van der Waals surface area contributed by atoms with Crippen LogP contribution in [0.1, 0.15) is 23.1 Å². The molecular formula is C24H24N4O4. The van der Waals surface area contributed by atoms with Gasteiger partial charge in [0.15, 0.2) is 0 Å². The number of rotatable bonds is 5. The number of nitrogens with two attached hydrogens (primary N) is 1. The van der Waals surface area contributed by atoms with Crippen LogP contribution in [0.2, 0.25) is 0 Å². The zero-order chi connectivity index (χ0) is 22.6. The highest BCUT2D eigenvalue weighted by atomic mass is 16.2. The number of benzene rings is 2. The number of carbonyl (C=O) groups excluding carboxylic acids is 4. The Morgan fingerprint density at radius 3 is 2.56 bits per heavy atom. The molecule has 0 saturated carbocycles. The summed E-state index contributed by atoms with van der Waals surface area (Å²) < 4.78 is 0. The molecule has 32 heavy (non-hydrogen) atoms. The molecule has 2 saturated heterocycles. The van der Waals surface area contributed by atoms with Crippen LogP contribution in [-0.4, -0.2) is 41.1 Å². The summed E-state index contributed by atoms with van der Waals surface area (Å²) >= 11 is 0. The molecule has 2 aromatic carbocycles. The molecule has 2 aromatic rings. The summed E-state index contributed by atoms with van der Waals surface area (Å²) in [6.45, 7) is 2.12. The van der Waals surface area contributed by atoms with Gasteiger partial charge in [-0.1, -0.05) is 48.0 Å². The van der Waals surface area contributed by atoms with Crippen LogP contribution in [0.4, 0.5) is 5.69 Å². The van der Waals surface area contributed by atoms with Crippen LogP contribution in [0.15, 0.2) is 48.5 Å². The van der Waals surface area contributed by atoms with Gasteiger partial charge in [0.25, 0.3) is 0 Å². The lowest BCUT2D eigenvalue weighted by Crippen LogP contribution is -2.53. The first-order valence-electron chi connectivity index (χ1n) is 10.7. The number of anilines is 1. The van der Waals surface area contributed by atoms with Gasteiger partial charge in [-0.3, -0.25) is 29.4 Å². The molecule has 4 N–H and O–H groups in total. The number of aryl methyl sites for hydroxylation is 1. The fourth-order valence-electron chi connectivity index (χ4n) is 5.47. The highest BCUT2D eigenvalue weighted by molar-refractivity contribution is 6.15. The van der Waals surface area contributed by atoms with E-state index in [1.807, 2.05) is 49.4 Å². The van der Waals surface area contributed by atoms with E-state index in [1.54, 1.807) is 6.07 Å². The van der Waals surface area contributed by atoms with Crippen LogP contribution in [0.3, 0.4) is 0 Å². The lowest BCUT2D eigenvalue weighted by atomic mass is 9.76. The van der Waals surface area contributed by atoms with E-state index < -0.39 is 29.3 Å². The van der Waals surface area contributed by atoms with Gasteiger partial charge < -0.3 is 11.1 Å². The van der Waals surface area contributed by atoms with E-state index in [2.05, 4.69) is 10.6 Å². The van der Waals surface area contributed by atoms with Crippen LogP contribution in [0.25, 0.3) is 0 Å². The summed E-state index contributed by atoms with van der Waals surface area (Å²) in [4.78, 5) is 53.4. The van der Waals surface area contributed by atoms with Gasteiger partial charge in [-0.15, -0.1) is 0 Å². The molecule has 3 aliphatic heterocycles. The Bertz CT molecular complexity index is 1150. The summed E-state index contributed by atoms with van der Waals surface area (Å²) in [5, 5.41) is 6.06. The Morgan fingerprint density at radius 1 is 1.09 bits per heavy atom. The second-order valence-corrected chi connectivity index (χ2v) is 8.80. The highest BCUT2D eigenvalue weighted by Crippen LogP contribution is 2.53. The SMILES string of the molecule is Cc1ccc2c(c1)[C@]1(N[C@@H](CC(N)=O)[C@H]3C(=O)N(CCc4ccccc4)C(=O)[C@H]31)C(=O)N2. The Balaban J connectivity index is 1.55. The first-order chi connectivity index (χ1) is 15.3. The number of nitrogens with one attached hydrogen (secondary N) is 2. The summed E-state index contributed by atoms with van der Waals surface area (Å²) in [6.07, 6.45) is 0.378. The number of primary amides is 1. The Hall–Kier alpha value is -3.52. The fourth-order valence-corrected chi connectivity index (χ4v) is 5.47. The fraction of sp³-hybridized carbons (Fsp3) is 0.333. The van der Waals surface area contributed by atoms with Gasteiger partial charge in [0.1, 0.15) is 5.54 Å². The van der Waals surface area contributed by atoms with Crippen molar-refractivity contribution in [1.82, 2.24) is 10.2 Å². The molecule has 3 heterocycles. The van der Waals surface area contributed by atoms with Gasteiger partial charge in [-0.25, -0.2) is 0 Å². The summed E-state index contributed by atoms with van der Waals surface area (Å²) in [7, 11) is 0. The average Bonchev–Trinajstić information content (AvgIpc) is 3.32. The minimum Gasteiger partial charge on any atom is -0.370 e. The van der Waals surface area contributed by atoms with Gasteiger partial charge >= 0.3 is 0 Å². The Labute approximate surface area is 185 Å². The van der Waals surface area contributed by atoms with Gasteiger partial charge in [-0.2, -0.15) is 0 Å². The molecule has 1 spiro atoms. The number of fused-ring (bicyclic) bond motifs is 4. The number of amides is 4. The maximum absolute atomic E-state index is 13.6.